The van der Waals surface area contributed by atoms with Crippen molar-refractivity contribution in [3.05, 3.63) is 68.7 Å². The number of esters is 1. The minimum Gasteiger partial charge on any atom is -0.456 e. The van der Waals surface area contributed by atoms with E-state index < -0.39 is 35.9 Å². The van der Waals surface area contributed by atoms with E-state index in [2.05, 4.69) is 9.73 Å². The van der Waals surface area contributed by atoms with Gasteiger partial charge in [0, 0.05) is 23.6 Å². The van der Waals surface area contributed by atoms with Gasteiger partial charge in [0.05, 0.1) is 18.4 Å². The van der Waals surface area contributed by atoms with Crippen LogP contribution in [0.5, 0.6) is 0 Å². The quantitative estimate of drug-likeness (QED) is 0.280. The summed E-state index contributed by atoms with van der Waals surface area (Å²) in [6, 6.07) is 7.64. The minimum atomic E-state index is -4.97. The summed E-state index contributed by atoms with van der Waals surface area (Å²) in [6.45, 7) is 6.71. The molecule has 0 aromatic heterocycles. The molecular formula is C25H26Cl2F3NO5. The van der Waals surface area contributed by atoms with Gasteiger partial charge in [0.2, 0.25) is 0 Å². The fourth-order valence-corrected chi connectivity index (χ4v) is 3.99. The SMILES string of the molecule is COC(=O)N=C(CC(OC)(c1cc(Cl)cc(Cl)c1)C(F)(F)F)c1ccc(C(=O)OC(C)(C)C)c(C)c1. The number of rotatable bonds is 6. The van der Waals surface area contributed by atoms with Crippen molar-refractivity contribution in [3.8, 4) is 0 Å². The predicted molar refractivity (Wildman–Crippen MR) is 131 cm³/mol. The van der Waals surface area contributed by atoms with Gasteiger partial charge in [-0.2, -0.15) is 18.2 Å². The van der Waals surface area contributed by atoms with E-state index in [0.717, 1.165) is 26.4 Å². The Morgan fingerprint density at radius 1 is 0.972 bits per heavy atom. The molecule has 0 heterocycles. The summed E-state index contributed by atoms with van der Waals surface area (Å²) in [5.41, 5.74) is -3.63. The Morgan fingerprint density at radius 3 is 2.00 bits per heavy atom. The number of aryl methyl sites for hydroxylation is 1. The van der Waals surface area contributed by atoms with Crippen LogP contribution >= 0.6 is 23.2 Å². The Kier molecular flexibility index (Phi) is 9.20. The number of methoxy groups -OCH3 is 2. The van der Waals surface area contributed by atoms with Crippen LogP contribution in [0.3, 0.4) is 0 Å². The van der Waals surface area contributed by atoms with Crippen molar-refractivity contribution in [2.75, 3.05) is 14.2 Å². The summed E-state index contributed by atoms with van der Waals surface area (Å²) >= 11 is 12.0. The van der Waals surface area contributed by atoms with Gasteiger partial charge < -0.3 is 14.2 Å². The molecule has 2 rings (SSSR count). The molecule has 2 aromatic carbocycles. The first-order chi connectivity index (χ1) is 16.5. The number of amides is 1. The van der Waals surface area contributed by atoms with E-state index in [0.29, 0.717) is 5.56 Å². The number of carbonyl (C=O) groups excluding carboxylic acids is 2. The molecule has 0 radical (unpaired) electrons. The van der Waals surface area contributed by atoms with Crippen LogP contribution in [0.15, 0.2) is 41.4 Å². The van der Waals surface area contributed by atoms with Crippen LogP contribution in [0, 0.1) is 6.92 Å². The highest BCUT2D eigenvalue weighted by atomic mass is 35.5. The largest absolute Gasteiger partial charge is 0.456 e. The monoisotopic (exact) mass is 547 g/mol. The number of hydrogen-bond donors (Lipinski definition) is 0. The number of nitrogens with zero attached hydrogens (tertiary/aromatic N) is 1. The lowest BCUT2D eigenvalue weighted by Gasteiger charge is -2.35. The molecule has 196 valence electrons. The Morgan fingerprint density at radius 2 is 1.56 bits per heavy atom. The zero-order chi connectivity index (χ0) is 27.5. The van der Waals surface area contributed by atoms with Crippen LogP contribution in [0.2, 0.25) is 10.0 Å². The van der Waals surface area contributed by atoms with E-state index in [9.17, 15) is 22.8 Å². The van der Waals surface area contributed by atoms with Crippen molar-refractivity contribution in [1.82, 2.24) is 0 Å². The molecular weight excluding hydrogens is 522 g/mol. The standard InChI is InChI=1S/C25H26Cl2F3NO5/c1-14-9-15(7-8-19(14)21(32)36-23(2,3)4)20(31-22(33)34-5)13-24(35-6,25(28,29)30)16-10-17(26)12-18(27)11-16/h7-12H,13H2,1-6H3. The van der Waals surface area contributed by atoms with Gasteiger partial charge in [0.15, 0.2) is 5.60 Å². The van der Waals surface area contributed by atoms with E-state index in [1.807, 2.05) is 0 Å². The van der Waals surface area contributed by atoms with Crippen LogP contribution in [-0.2, 0) is 19.8 Å². The molecule has 0 aliphatic heterocycles. The van der Waals surface area contributed by atoms with Crippen LogP contribution < -0.4 is 0 Å². The maximum Gasteiger partial charge on any atom is 0.433 e. The van der Waals surface area contributed by atoms with Gasteiger partial charge in [-0.05, 0) is 74.7 Å². The molecule has 1 atom stereocenters. The highest BCUT2D eigenvalue weighted by Crippen LogP contribution is 2.46. The molecule has 0 saturated heterocycles. The summed E-state index contributed by atoms with van der Waals surface area (Å²) in [4.78, 5) is 28.3. The van der Waals surface area contributed by atoms with Crippen molar-refractivity contribution < 1.29 is 37.0 Å². The first-order valence-electron chi connectivity index (χ1n) is 10.6. The van der Waals surface area contributed by atoms with Gasteiger partial charge in [-0.3, -0.25) is 0 Å². The Labute approximate surface area is 217 Å². The number of carbonyl (C=O) groups is 2. The van der Waals surface area contributed by atoms with Crippen molar-refractivity contribution in [2.24, 2.45) is 4.99 Å². The summed E-state index contributed by atoms with van der Waals surface area (Å²) in [7, 11) is 1.93. The van der Waals surface area contributed by atoms with E-state index >= 15 is 0 Å². The van der Waals surface area contributed by atoms with E-state index in [1.54, 1.807) is 27.7 Å². The Balaban J connectivity index is 2.68. The third kappa shape index (κ3) is 6.99. The molecule has 1 unspecified atom stereocenters. The topological polar surface area (TPSA) is 74.2 Å². The molecule has 11 heteroatoms. The average molecular weight is 548 g/mol. The molecule has 6 nitrogen and oxygen atoms in total. The summed E-state index contributed by atoms with van der Waals surface area (Å²) in [5, 5.41) is -0.0700. The molecule has 0 N–H and O–H groups in total. The Hall–Kier alpha value is -2.62. The highest BCUT2D eigenvalue weighted by Gasteiger charge is 2.57. The average Bonchev–Trinajstić information content (AvgIpc) is 2.73. The third-order valence-electron chi connectivity index (χ3n) is 5.13. The van der Waals surface area contributed by atoms with Gasteiger partial charge >= 0.3 is 18.2 Å². The predicted octanol–water partition coefficient (Wildman–Crippen LogP) is 7.31. The van der Waals surface area contributed by atoms with E-state index in [1.165, 1.54) is 24.3 Å². The smallest absolute Gasteiger partial charge is 0.433 e. The number of halogens is 5. The summed E-state index contributed by atoms with van der Waals surface area (Å²) in [6.07, 6.45) is -7.02. The first-order valence-corrected chi connectivity index (χ1v) is 11.4. The second kappa shape index (κ2) is 11.2. The molecule has 0 spiro atoms. The molecule has 0 aliphatic rings. The first kappa shape index (κ1) is 29.6. The van der Waals surface area contributed by atoms with Gasteiger partial charge in [-0.25, -0.2) is 9.59 Å². The fraction of sp³-hybridized carbons (Fsp3) is 0.400. The summed E-state index contributed by atoms with van der Waals surface area (Å²) in [5.74, 6) is -0.604. The zero-order valence-electron chi connectivity index (χ0n) is 20.5. The lowest BCUT2D eigenvalue weighted by molar-refractivity contribution is -0.273. The van der Waals surface area contributed by atoms with Crippen LogP contribution in [-0.4, -0.2) is 43.8 Å². The molecule has 2 aromatic rings. The van der Waals surface area contributed by atoms with Crippen molar-refractivity contribution in [3.63, 3.8) is 0 Å². The van der Waals surface area contributed by atoms with Crippen molar-refractivity contribution in [2.45, 2.75) is 51.5 Å². The van der Waals surface area contributed by atoms with Crippen molar-refractivity contribution in [1.29, 1.82) is 0 Å². The number of alkyl halides is 3. The normalized spacial score (nSPS) is 14.2. The second-order valence-electron chi connectivity index (χ2n) is 8.92. The number of ether oxygens (including phenoxy) is 3. The van der Waals surface area contributed by atoms with Crippen LogP contribution in [0.1, 0.15) is 54.2 Å². The molecule has 0 bridgehead atoms. The lowest BCUT2D eigenvalue weighted by atomic mass is 9.85. The molecule has 36 heavy (non-hydrogen) atoms. The number of hydrogen-bond acceptors (Lipinski definition) is 5. The highest BCUT2D eigenvalue weighted by molar-refractivity contribution is 6.34. The number of benzene rings is 2. The van der Waals surface area contributed by atoms with Gasteiger partial charge in [-0.15, -0.1) is 0 Å². The maximum atomic E-state index is 14.6. The van der Waals surface area contributed by atoms with Crippen LogP contribution in [0.4, 0.5) is 18.0 Å². The fourth-order valence-electron chi connectivity index (χ4n) is 3.46. The minimum absolute atomic E-state index is 0.0350. The third-order valence-corrected chi connectivity index (χ3v) is 5.57. The second-order valence-corrected chi connectivity index (χ2v) is 9.80. The van der Waals surface area contributed by atoms with E-state index in [4.69, 9.17) is 32.7 Å². The molecule has 0 saturated carbocycles. The maximum absolute atomic E-state index is 14.6. The molecule has 0 fully saturated rings. The van der Waals surface area contributed by atoms with Gasteiger partial charge in [0.1, 0.15) is 5.60 Å². The molecule has 0 aliphatic carbocycles. The summed E-state index contributed by atoms with van der Waals surface area (Å²) < 4.78 is 58.7. The van der Waals surface area contributed by atoms with Gasteiger partial charge in [0.25, 0.3) is 0 Å². The van der Waals surface area contributed by atoms with Crippen LogP contribution in [0.25, 0.3) is 0 Å². The van der Waals surface area contributed by atoms with Gasteiger partial charge in [-0.1, -0.05) is 29.3 Å². The lowest BCUT2D eigenvalue weighted by Crippen LogP contribution is -2.46. The number of aliphatic imine (C=N–C) groups is 1. The van der Waals surface area contributed by atoms with Crippen molar-refractivity contribution >= 4 is 41.0 Å². The van der Waals surface area contributed by atoms with E-state index in [-0.39, 0.29) is 32.4 Å². The Bertz CT molecular complexity index is 1160. The zero-order valence-corrected chi connectivity index (χ0v) is 22.1. The molecule has 1 amide bonds.